The maximum Gasteiger partial charge on any atom is 0.338 e. The highest BCUT2D eigenvalue weighted by molar-refractivity contribution is 6.53. The topological polar surface area (TPSA) is 123 Å². The second-order valence-corrected chi connectivity index (χ2v) is 8.93. The van der Waals surface area contributed by atoms with Crippen molar-refractivity contribution < 1.29 is 33.4 Å². The van der Waals surface area contributed by atoms with E-state index < -0.39 is 23.7 Å². The molecule has 0 radical (unpaired) electrons. The molecule has 3 aromatic carbocycles. The lowest BCUT2D eigenvalue weighted by molar-refractivity contribution is -0.120. The van der Waals surface area contributed by atoms with Crippen molar-refractivity contribution in [3.05, 3.63) is 88.6 Å². The zero-order valence-electron chi connectivity index (χ0n) is 21.9. The number of carbonyl (C=O) groups excluding carboxylic acids is 4. The number of nitrogens with zero attached hydrogens (tertiary/aromatic N) is 1. The van der Waals surface area contributed by atoms with Crippen molar-refractivity contribution in [2.45, 2.75) is 13.3 Å². The standard InChI is InChI=1S/C29H26ClN3O7/c1-4-13-40-29(37)18-8-6-10-20(15-18)33-27(35)24(30)25(28(33)36)31-19-9-5-7-17(14-19)26(34)32-22-12-11-21(38-2)16-23(22)39-3/h5-12,14-16,31H,4,13H2,1-3H3,(H,32,34). The first-order chi connectivity index (χ1) is 19.3. The summed E-state index contributed by atoms with van der Waals surface area (Å²) in [6.45, 7) is 2.12. The molecule has 0 unspecified atom stereocenters. The number of methoxy groups -OCH3 is 2. The SMILES string of the molecule is CCCOC(=O)c1cccc(N2C(=O)C(Cl)=C(Nc3cccc(C(=O)Nc4ccc(OC)cc4OC)c3)C2=O)c1. The number of nitrogens with one attached hydrogen (secondary N) is 2. The molecule has 0 atom stereocenters. The number of hydrogen-bond donors (Lipinski definition) is 2. The van der Waals surface area contributed by atoms with Crippen molar-refractivity contribution in [3.8, 4) is 11.5 Å². The quantitative estimate of drug-likeness (QED) is 0.262. The fourth-order valence-corrected chi connectivity index (χ4v) is 4.09. The largest absolute Gasteiger partial charge is 0.497 e. The molecule has 3 amide bonds. The van der Waals surface area contributed by atoms with Gasteiger partial charge in [-0.3, -0.25) is 14.4 Å². The van der Waals surface area contributed by atoms with Gasteiger partial charge in [0, 0.05) is 17.3 Å². The summed E-state index contributed by atoms with van der Waals surface area (Å²) in [7, 11) is 3.00. The molecule has 2 N–H and O–H groups in total. The van der Waals surface area contributed by atoms with E-state index in [4.69, 9.17) is 25.8 Å². The molecular formula is C29H26ClN3O7. The normalized spacial score (nSPS) is 12.8. The fraction of sp³-hybridized carbons (Fsp3) is 0.172. The average molecular weight is 564 g/mol. The van der Waals surface area contributed by atoms with Gasteiger partial charge in [0.15, 0.2) is 0 Å². The first kappa shape index (κ1) is 28.2. The molecule has 40 heavy (non-hydrogen) atoms. The van der Waals surface area contributed by atoms with Crippen LogP contribution >= 0.6 is 11.6 Å². The molecule has 0 saturated carbocycles. The van der Waals surface area contributed by atoms with E-state index in [0.717, 1.165) is 4.90 Å². The molecule has 4 rings (SSSR count). The van der Waals surface area contributed by atoms with Gasteiger partial charge >= 0.3 is 5.97 Å². The molecule has 0 bridgehead atoms. The molecule has 3 aromatic rings. The van der Waals surface area contributed by atoms with Gasteiger partial charge < -0.3 is 24.8 Å². The summed E-state index contributed by atoms with van der Waals surface area (Å²) in [6, 6.07) is 17.3. The highest BCUT2D eigenvalue weighted by atomic mass is 35.5. The van der Waals surface area contributed by atoms with Gasteiger partial charge in [-0.25, -0.2) is 9.69 Å². The molecule has 206 valence electrons. The van der Waals surface area contributed by atoms with E-state index in [1.807, 2.05) is 6.92 Å². The van der Waals surface area contributed by atoms with E-state index in [1.54, 1.807) is 36.4 Å². The summed E-state index contributed by atoms with van der Waals surface area (Å²) in [4.78, 5) is 52.3. The Labute approximate surface area is 235 Å². The molecule has 0 saturated heterocycles. The van der Waals surface area contributed by atoms with E-state index in [0.29, 0.717) is 29.3 Å². The van der Waals surface area contributed by atoms with Crippen molar-refractivity contribution in [2.24, 2.45) is 0 Å². The summed E-state index contributed by atoms with van der Waals surface area (Å²) >= 11 is 6.27. The lowest BCUT2D eigenvalue weighted by Crippen LogP contribution is -2.32. The summed E-state index contributed by atoms with van der Waals surface area (Å²) in [5, 5.41) is 5.30. The third kappa shape index (κ3) is 5.92. The minimum Gasteiger partial charge on any atom is -0.497 e. The summed E-state index contributed by atoms with van der Waals surface area (Å²) in [5.41, 5.74) is 1.24. The number of amides is 3. The van der Waals surface area contributed by atoms with Crippen LogP contribution in [-0.2, 0) is 14.3 Å². The molecule has 0 aromatic heterocycles. The van der Waals surface area contributed by atoms with Gasteiger partial charge in [0.05, 0.1) is 37.8 Å². The van der Waals surface area contributed by atoms with Crippen LogP contribution in [0.15, 0.2) is 77.5 Å². The number of hydrogen-bond acceptors (Lipinski definition) is 8. The number of ether oxygens (including phenoxy) is 3. The van der Waals surface area contributed by atoms with E-state index in [2.05, 4.69) is 10.6 Å². The Morgan fingerprint density at radius 3 is 2.38 bits per heavy atom. The molecule has 11 heteroatoms. The predicted octanol–water partition coefficient (Wildman–Crippen LogP) is 4.96. The number of esters is 1. The average Bonchev–Trinajstić information content (AvgIpc) is 3.18. The maximum absolute atomic E-state index is 13.2. The van der Waals surface area contributed by atoms with Crippen molar-refractivity contribution in [3.63, 3.8) is 0 Å². The van der Waals surface area contributed by atoms with Gasteiger partial charge in [-0.2, -0.15) is 0 Å². The Hall–Kier alpha value is -4.83. The number of carbonyl (C=O) groups is 4. The van der Waals surface area contributed by atoms with E-state index in [-0.39, 0.29) is 34.2 Å². The molecule has 1 aliphatic rings. The highest BCUT2D eigenvalue weighted by Gasteiger charge is 2.39. The third-order valence-electron chi connectivity index (χ3n) is 5.86. The van der Waals surface area contributed by atoms with Crippen LogP contribution in [0.1, 0.15) is 34.1 Å². The molecule has 10 nitrogen and oxygen atoms in total. The zero-order valence-corrected chi connectivity index (χ0v) is 22.7. The van der Waals surface area contributed by atoms with Crippen LogP contribution < -0.4 is 25.0 Å². The molecular weight excluding hydrogens is 538 g/mol. The first-order valence-electron chi connectivity index (χ1n) is 12.2. The number of halogens is 1. The van der Waals surface area contributed by atoms with Gasteiger partial charge in [0.25, 0.3) is 17.7 Å². The van der Waals surface area contributed by atoms with Crippen molar-refractivity contribution in [2.75, 3.05) is 36.4 Å². The van der Waals surface area contributed by atoms with E-state index in [9.17, 15) is 19.2 Å². The zero-order chi connectivity index (χ0) is 28.8. The smallest absolute Gasteiger partial charge is 0.338 e. The van der Waals surface area contributed by atoms with Crippen molar-refractivity contribution >= 4 is 52.4 Å². The molecule has 0 fully saturated rings. The van der Waals surface area contributed by atoms with Crippen LogP contribution in [0.4, 0.5) is 17.1 Å². The van der Waals surface area contributed by atoms with Crippen molar-refractivity contribution in [1.29, 1.82) is 0 Å². The molecule has 1 aliphatic heterocycles. The lowest BCUT2D eigenvalue weighted by Gasteiger charge is -2.16. The fourth-order valence-electron chi connectivity index (χ4n) is 3.87. The van der Waals surface area contributed by atoms with Gasteiger partial charge in [0.2, 0.25) is 0 Å². The number of benzene rings is 3. The second-order valence-electron chi connectivity index (χ2n) is 8.55. The second kappa shape index (κ2) is 12.4. The van der Waals surface area contributed by atoms with Crippen LogP contribution in [0.25, 0.3) is 0 Å². The van der Waals surface area contributed by atoms with Crippen LogP contribution in [0.3, 0.4) is 0 Å². The van der Waals surface area contributed by atoms with Gasteiger partial charge in [0.1, 0.15) is 22.2 Å². The molecule has 0 aliphatic carbocycles. The Morgan fingerprint density at radius 1 is 0.900 bits per heavy atom. The first-order valence-corrected chi connectivity index (χ1v) is 12.6. The third-order valence-corrected chi connectivity index (χ3v) is 6.21. The Balaban J connectivity index is 1.52. The van der Waals surface area contributed by atoms with Crippen molar-refractivity contribution in [1.82, 2.24) is 0 Å². The minimum atomic E-state index is -0.756. The highest BCUT2D eigenvalue weighted by Crippen LogP contribution is 2.32. The van der Waals surface area contributed by atoms with Crippen LogP contribution in [-0.4, -0.2) is 44.5 Å². The Morgan fingerprint density at radius 2 is 1.65 bits per heavy atom. The van der Waals surface area contributed by atoms with Crippen LogP contribution in [0, 0.1) is 0 Å². The van der Waals surface area contributed by atoms with Gasteiger partial charge in [-0.05, 0) is 55.0 Å². The number of imide groups is 1. The predicted molar refractivity (Wildman–Crippen MR) is 150 cm³/mol. The monoisotopic (exact) mass is 563 g/mol. The van der Waals surface area contributed by atoms with Gasteiger partial charge in [-0.15, -0.1) is 0 Å². The van der Waals surface area contributed by atoms with Crippen LogP contribution in [0.5, 0.6) is 11.5 Å². The van der Waals surface area contributed by atoms with E-state index >= 15 is 0 Å². The summed E-state index contributed by atoms with van der Waals surface area (Å²) in [6.07, 6.45) is 0.654. The summed E-state index contributed by atoms with van der Waals surface area (Å²) in [5.74, 6) is -1.49. The number of rotatable bonds is 10. The molecule has 0 spiro atoms. The van der Waals surface area contributed by atoms with Gasteiger partial charge in [-0.1, -0.05) is 30.7 Å². The van der Waals surface area contributed by atoms with E-state index in [1.165, 1.54) is 44.6 Å². The maximum atomic E-state index is 13.2. The Bertz CT molecular complexity index is 1520. The summed E-state index contributed by atoms with van der Waals surface area (Å²) < 4.78 is 15.6. The minimum absolute atomic E-state index is 0.164. The Kier molecular flexibility index (Phi) is 8.70. The van der Waals surface area contributed by atoms with Crippen LogP contribution in [0.2, 0.25) is 0 Å². The molecule has 1 heterocycles. The lowest BCUT2D eigenvalue weighted by atomic mass is 10.1. The number of anilines is 3.